The van der Waals surface area contributed by atoms with Crippen LogP contribution < -0.4 is 20.7 Å². The second kappa shape index (κ2) is 7.50. The highest BCUT2D eigenvalue weighted by molar-refractivity contribution is 5.92. The quantitative estimate of drug-likeness (QED) is 0.363. The normalized spacial score (nSPS) is 10.3. The zero-order chi connectivity index (χ0) is 17.6. The fourth-order valence-corrected chi connectivity index (χ4v) is 2.35. The van der Waals surface area contributed by atoms with E-state index in [0.29, 0.717) is 23.8 Å². The molecular weight excluding hydrogens is 320 g/mol. The standard InChI is InChI=1S/C18H18N4O3/c1-24-17-9-13(14-10-15(22-21-14)18(23)20-19)7-8-16(17)25-11-12-5-3-2-4-6-12/h2-10H,11,19H2,1H3,(H,20,23)(H,21,22). The topological polar surface area (TPSA) is 102 Å². The summed E-state index contributed by atoms with van der Waals surface area (Å²) in [5, 5.41) is 6.76. The average molecular weight is 338 g/mol. The minimum Gasteiger partial charge on any atom is -0.493 e. The van der Waals surface area contributed by atoms with Crippen molar-refractivity contribution in [2.75, 3.05) is 7.11 Å². The number of aromatic nitrogens is 2. The summed E-state index contributed by atoms with van der Waals surface area (Å²) >= 11 is 0. The van der Waals surface area contributed by atoms with Gasteiger partial charge in [-0.3, -0.25) is 15.3 Å². The van der Waals surface area contributed by atoms with Crippen molar-refractivity contribution in [3.05, 3.63) is 65.9 Å². The summed E-state index contributed by atoms with van der Waals surface area (Å²) in [7, 11) is 1.58. The fourth-order valence-electron chi connectivity index (χ4n) is 2.35. The molecule has 4 N–H and O–H groups in total. The zero-order valence-corrected chi connectivity index (χ0v) is 13.7. The highest BCUT2D eigenvalue weighted by Crippen LogP contribution is 2.32. The number of nitrogens with zero attached hydrogens (tertiary/aromatic N) is 1. The number of hydrogen-bond donors (Lipinski definition) is 3. The molecule has 0 atom stereocenters. The molecule has 0 bridgehead atoms. The van der Waals surface area contributed by atoms with Gasteiger partial charge in [-0.25, -0.2) is 5.84 Å². The number of carbonyl (C=O) groups is 1. The van der Waals surface area contributed by atoms with E-state index in [9.17, 15) is 4.79 Å². The van der Waals surface area contributed by atoms with Crippen LogP contribution in [-0.4, -0.2) is 23.2 Å². The van der Waals surface area contributed by atoms with Crippen molar-refractivity contribution in [3.63, 3.8) is 0 Å². The van der Waals surface area contributed by atoms with Crippen LogP contribution in [0, 0.1) is 0 Å². The van der Waals surface area contributed by atoms with Crippen molar-refractivity contribution in [1.29, 1.82) is 0 Å². The third kappa shape index (κ3) is 3.78. The van der Waals surface area contributed by atoms with Crippen LogP contribution in [0.2, 0.25) is 0 Å². The molecule has 0 radical (unpaired) electrons. The number of carbonyl (C=O) groups excluding carboxylic acids is 1. The Labute approximate surface area is 144 Å². The van der Waals surface area contributed by atoms with E-state index in [2.05, 4.69) is 15.6 Å². The number of nitrogens with one attached hydrogen (secondary N) is 2. The lowest BCUT2D eigenvalue weighted by Crippen LogP contribution is -2.30. The van der Waals surface area contributed by atoms with Crippen LogP contribution in [0.15, 0.2) is 54.6 Å². The number of nitrogen functional groups attached to an aromatic ring is 1. The van der Waals surface area contributed by atoms with Gasteiger partial charge >= 0.3 is 0 Å². The Bertz CT molecular complexity index is 862. The second-order valence-corrected chi connectivity index (χ2v) is 5.28. The highest BCUT2D eigenvalue weighted by Gasteiger charge is 2.12. The summed E-state index contributed by atoms with van der Waals surface area (Å²) in [6.07, 6.45) is 0. The molecule has 0 aliphatic rings. The molecule has 1 amide bonds. The molecule has 128 valence electrons. The first-order chi connectivity index (χ1) is 12.2. The first kappa shape index (κ1) is 16.5. The average Bonchev–Trinajstić information content (AvgIpc) is 3.16. The summed E-state index contributed by atoms with van der Waals surface area (Å²) in [6, 6.07) is 17.0. The number of ether oxygens (including phenoxy) is 2. The molecule has 1 heterocycles. The molecular formula is C18H18N4O3. The predicted molar refractivity (Wildman–Crippen MR) is 93.0 cm³/mol. The summed E-state index contributed by atoms with van der Waals surface area (Å²) in [5.41, 5.74) is 4.79. The van der Waals surface area contributed by atoms with Crippen LogP contribution in [0.1, 0.15) is 16.1 Å². The number of rotatable bonds is 6. The number of hydrazine groups is 1. The number of amides is 1. The fraction of sp³-hybridized carbons (Fsp3) is 0.111. The van der Waals surface area contributed by atoms with Crippen molar-refractivity contribution in [2.24, 2.45) is 5.84 Å². The lowest BCUT2D eigenvalue weighted by atomic mass is 10.1. The first-order valence-electron chi connectivity index (χ1n) is 7.62. The smallest absolute Gasteiger partial charge is 0.283 e. The van der Waals surface area contributed by atoms with Gasteiger partial charge in [-0.2, -0.15) is 5.10 Å². The molecule has 0 spiro atoms. The summed E-state index contributed by atoms with van der Waals surface area (Å²) in [6.45, 7) is 0.444. The van der Waals surface area contributed by atoms with Crippen molar-refractivity contribution < 1.29 is 14.3 Å². The Morgan fingerprint density at radius 3 is 2.68 bits per heavy atom. The van der Waals surface area contributed by atoms with E-state index in [1.54, 1.807) is 19.2 Å². The van der Waals surface area contributed by atoms with Crippen LogP contribution in [0.3, 0.4) is 0 Å². The molecule has 0 unspecified atom stereocenters. The van der Waals surface area contributed by atoms with Gasteiger partial charge in [0.1, 0.15) is 12.3 Å². The van der Waals surface area contributed by atoms with Crippen LogP contribution in [0.25, 0.3) is 11.3 Å². The van der Waals surface area contributed by atoms with Gasteiger partial charge in [-0.15, -0.1) is 0 Å². The van der Waals surface area contributed by atoms with Gasteiger partial charge in [-0.1, -0.05) is 30.3 Å². The number of H-pyrrole nitrogens is 1. The SMILES string of the molecule is COc1cc(-c2cc(C(=O)NN)[nH]n2)ccc1OCc1ccccc1. The van der Waals surface area contributed by atoms with Crippen LogP contribution >= 0.6 is 0 Å². The van der Waals surface area contributed by atoms with E-state index >= 15 is 0 Å². The maximum absolute atomic E-state index is 11.5. The Morgan fingerprint density at radius 2 is 1.96 bits per heavy atom. The number of hydrogen-bond acceptors (Lipinski definition) is 5. The molecule has 25 heavy (non-hydrogen) atoms. The van der Waals surface area contributed by atoms with Gasteiger partial charge < -0.3 is 9.47 Å². The highest BCUT2D eigenvalue weighted by atomic mass is 16.5. The molecule has 0 aliphatic carbocycles. The molecule has 0 saturated heterocycles. The Morgan fingerprint density at radius 1 is 1.16 bits per heavy atom. The largest absolute Gasteiger partial charge is 0.493 e. The molecule has 0 aliphatic heterocycles. The second-order valence-electron chi connectivity index (χ2n) is 5.28. The molecule has 1 aromatic heterocycles. The molecule has 2 aromatic carbocycles. The monoisotopic (exact) mass is 338 g/mol. The molecule has 7 heteroatoms. The van der Waals surface area contributed by atoms with Crippen molar-refractivity contribution in [2.45, 2.75) is 6.61 Å². The van der Waals surface area contributed by atoms with Gasteiger partial charge in [0.2, 0.25) is 0 Å². The molecule has 3 aromatic rings. The Kier molecular flexibility index (Phi) is 4.96. The summed E-state index contributed by atoms with van der Waals surface area (Å²) < 4.78 is 11.2. The number of methoxy groups -OCH3 is 1. The van der Waals surface area contributed by atoms with Gasteiger partial charge in [0.05, 0.1) is 12.8 Å². The Balaban J connectivity index is 1.79. The third-order valence-electron chi connectivity index (χ3n) is 3.65. The Hall–Kier alpha value is -3.32. The van der Waals surface area contributed by atoms with Gasteiger partial charge in [0.25, 0.3) is 5.91 Å². The minimum atomic E-state index is -0.437. The predicted octanol–water partition coefficient (Wildman–Crippen LogP) is 2.27. The molecule has 0 saturated carbocycles. The third-order valence-corrected chi connectivity index (χ3v) is 3.65. The molecule has 0 fully saturated rings. The summed E-state index contributed by atoms with van der Waals surface area (Å²) in [5.74, 6) is 5.89. The van der Waals surface area contributed by atoms with E-state index in [0.717, 1.165) is 11.1 Å². The van der Waals surface area contributed by atoms with Crippen LogP contribution in [0.5, 0.6) is 11.5 Å². The van der Waals surface area contributed by atoms with Crippen LogP contribution in [-0.2, 0) is 6.61 Å². The number of nitrogens with two attached hydrogens (primary N) is 1. The van der Waals surface area contributed by atoms with E-state index in [-0.39, 0.29) is 5.69 Å². The molecule has 7 nitrogen and oxygen atoms in total. The molecule has 3 rings (SSSR count). The van der Waals surface area contributed by atoms with Crippen molar-refractivity contribution in [3.8, 4) is 22.8 Å². The van der Waals surface area contributed by atoms with Gasteiger partial charge in [0, 0.05) is 5.56 Å². The maximum Gasteiger partial charge on any atom is 0.283 e. The lowest BCUT2D eigenvalue weighted by Gasteiger charge is -2.11. The van der Waals surface area contributed by atoms with Crippen molar-refractivity contribution >= 4 is 5.91 Å². The maximum atomic E-state index is 11.5. The number of benzene rings is 2. The zero-order valence-electron chi connectivity index (χ0n) is 13.7. The lowest BCUT2D eigenvalue weighted by molar-refractivity contribution is 0.0948. The summed E-state index contributed by atoms with van der Waals surface area (Å²) in [4.78, 5) is 11.5. The van der Waals surface area contributed by atoms with Gasteiger partial charge in [-0.05, 0) is 29.8 Å². The van der Waals surface area contributed by atoms with E-state index in [4.69, 9.17) is 15.3 Å². The number of aromatic amines is 1. The van der Waals surface area contributed by atoms with E-state index < -0.39 is 5.91 Å². The van der Waals surface area contributed by atoms with E-state index in [1.807, 2.05) is 42.5 Å². The first-order valence-corrected chi connectivity index (χ1v) is 7.62. The minimum absolute atomic E-state index is 0.279. The van der Waals surface area contributed by atoms with Gasteiger partial charge in [0.15, 0.2) is 11.5 Å². The van der Waals surface area contributed by atoms with Crippen LogP contribution in [0.4, 0.5) is 0 Å². The van der Waals surface area contributed by atoms with Crippen molar-refractivity contribution in [1.82, 2.24) is 15.6 Å². The van der Waals surface area contributed by atoms with E-state index in [1.165, 1.54) is 0 Å².